The number of hydrogen-bond acceptors (Lipinski definition) is 3. The summed E-state index contributed by atoms with van der Waals surface area (Å²) >= 11 is 0. The number of carbonyl (C=O) groups is 1. The van der Waals surface area contributed by atoms with Crippen molar-refractivity contribution in [3.8, 4) is 0 Å². The molecule has 1 aromatic carbocycles. The monoisotopic (exact) mass is 284 g/mol. The Kier molecular flexibility index (Phi) is 4.67. The topological polar surface area (TPSA) is 55.6 Å². The van der Waals surface area contributed by atoms with Crippen LogP contribution in [0.15, 0.2) is 18.2 Å². The Hall–Kier alpha value is -1.53. The summed E-state index contributed by atoms with van der Waals surface area (Å²) in [5, 5.41) is 0. The van der Waals surface area contributed by atoms with Crippen molar-refractivity contribution in [3.05, 3.63) is 35.4 Å². The van der Waals surface area contributed by atoms with Crippen LogP contribution in [0.2, 0.25) is 0 Å². The molecule has 2 rings (SSSR count). The van der Waals surface area contributed by atoms with Crippen LogP contribution in [-0.2, 0) is 9.53 Å². The molecule has 0 aliphatic carbocycles. The lowest BCUT2D eigenvalue weighted by Crippen LogP contribution is -2.49. The van der Waals surface area contributed by atoms with Gasteiger partial charge < -0.3 is 15.4 Å². The second-order valence-electron chi connectivity index (χ2n) is 4.90. The minimum atomic E-state index is -0.931. The maximum Gasteiger partial charge on any atom is 0.223 e. The molecule has 0 bridgehead atoms. The third kappa shape index (κ3) is 2.96. The first kappa shape index (κ1) is 14.9. The number of piperidine rings is 1. The number of halogens is 2. The zero-order valence-corrected chi connectivity index (χ0v) is 11.3. The van der Waals surface area contributed by atoms with Crippen molar-refractivity contribution in [2.24, 2.45) is 5.73 Å². The van der Waals surface area contributed by atoms with E-state index in [1.807, 2.05) is 0 Å². The van der Waals surface area contributed by atoms with E-state index in [-0.39, 0.29) is 11.9 Å². The predicted molar refractivity (Wildman–Crippen MR) is 69.9 cm³/mol. The normalized spacial score (nSPS) is 23.2. The van der Waals surface area contributed by atoms with Crippen LogP contribution in [0.3, 0.4) is 0 Å². The van der Waals surface area contributed by atoms with E-state index in [0.29, 0.717) is 31.6 Å². The number of nitrogens with two attached hydrogens (primary N) is 1. The summed E-state index contributed by atoms with van der Waals surface area (Å²) in [4.78, 5) is 13.6. The predicted octanol–water partition coefficient (Wildman–Crippen LogP) is 1.60. The van der Waals surface area contributed by atoms with Crippen LogP contribution in [0.5, 0.6) is 0 Å². The van der Waals surface area contributed by atoms with Crippen LogP contribution in [-0.4, -0.2) is 37.1 Å². The van der Waals surface area contributed by atoms with Crippen LogP contribution >= 0.6 is 0 Å². The van der Waals surface area contributed by atoms with Gasteiger partial charge in [-0.1, -0.05) is 6.07 Å². The fraction of sp³-hybridized carbons (Fsp3) is 0.500. The maximum absolute atomic E-state index is 13.4. The molecule has 2 atom stereocenters. The van der Waals surface area contributed by atoms with E-state index in [9.17, 15) is 13.6 Å². The second kappa shape index (κ2) is 6.28. The smallest absolute Gasteiger partial charge is 0.223 e. The van der Waals surface area contributed by atoms with E-state index in [4.69, 9.17) is 10.5 Å². The highest BCUT2D eigenvalue weighted by molar-refractivity contribution is 5.78. The van der Waals surface area contributed by atoms with Crippen LogP contribution in [0.1, 0.15) is 24.4 Å². The summed E-state index contributed by atoms with van der Waals surface area (Å²) in [6, 6.07) is 2.90. The Balaban J connectivity index is 2.31. The lowest BCUT2D eigenvalue weighted by molar-refractivity contribution is -0.138. The lowest BCUT2D eigenvalue weighted by atomic mass is 9.90. The molecule has 2 N–H and O–H groups in total. The zero-order chi connectivity index (χ0) is 14.7. The van der Waals surface area contributed by atoms with Crippen LogP contribution in [0, 0.1) is 11.6 Å². The number of ether oxygens (including phenoxy) is 1. The molecule has 1 heterocycles. The highest BCUT2D eigenvalue weighted by Crippen LogP contribution is 2.31. The molecule has 1 amide bonds. The van der Waals surface area contributed by atoms with E-state index >= 15 is 0 Å². The van der Waals surface area contributed by atoms with E-state index in [2.05, 4.69) is 0 Å². The van der Waals surface area contributed by atoms with E-state index < -0.39 is 17.7 Å². The van der Waals surface area contributed by atoms with Gasteiger partial charge in [0.2, 0.25) is 5.91 Å². The van der Waals surface area contributed by atoms with Gasteiger partial charge >= 0.3 is 0 Å². The summed E-state index contributed by atoms with van der Waals surface area (Å²) < 4.78 is 31.4. The number of methoxy groups -OCH3 is 1. The van der Waals surface area contributed by atoms with Gasteiger partial charge in [0.25, 0.3) is 0 Å². The van der Waals surface area contributed by atoms with Gasteiger partial charge in [-0.3, -0.25) is 4.79 Å². The number of rotatable bonds is 4. The maximum atomic E-state index is 13.4. The average Bonchev–Trinajstić information content (AvgIpc) is 2.43. The molecule has 2 unspecified atom stereocenters. The molecule has 1 saturated heterocycles. The van der Waals surface area contributed by atoms with Crippen molar-refractivity contribution in [2.45, 2.75) is 24.9 Å². The summed E-state index contributed by atoms with van der Waals surface area (Å²) in [6.07, 6.45) is 0.900. The number of carbonyl (C=O) groups excluding carboxylic acids is 1. The highest BCUT2D eigenvalue weighted by Gasteiger charge is 2.34. The molecule has 0 radical (unpaired) electrons. The summed E-state index contributed by atoms with van der Waals surface area (Å²) in [6.45, 7) is 0.755. The molecule has 1 aromatic rings. The largest absolute Gasteiger partial charge is 0.383 e. The van der Waals surface area contributed by atoms with Crippen molar-refractivity contribution < 1.29 is 18.3 Å². The molecular weight excluding hydrogens is 266 g/mol. The molecule has 1 aliphatic heterocycles. The third-order valence-corrected chi connectivity index (χ3v) is 3.57. The Bertz CT molecular complexity index is 496. The van der Waals surface area contributed by atoms with Crippen molar-refractivity contribution in [1.29, 1.82) is 0 Å². The standard InChI is InChI=1S/C14H18F2N2O2/c1-20-7-6-18-13(19)5-4-12(17)14(18)9-2-3-10(15)11(16)8-9/h2-3,8,12,14H,4-7,17H2,1H3. The number of hydrogen-bond donors (Lipinski definition) is 1. The zero-order valence-electron chi connectivity index (χ0n) is 11.3. The fourth-order valence-electron chi connectivity index (χ4n) is 2.55. The molecule has 1 aliphatic rings. The van der Waals surface area contributed by atoms with Crippen LogP contribution in [0.25, 0.3) is 0 Å². The highest BCUT2D eigenvalue weighted by atomic mass is 19.2. The quantitative estimate of drug-likeness (QED) is 0.913. The van der Waals surface area contributed by atoms with Crippen molar-refractivity contribution in [2.75, 3.05) is 20.3 Å². The Morgan fingerprint density at radius 2 is 2.15 bits per heavy atom. The first-order chi connectivity index (χ1) is 9.54. The van der Waals surface area contributed by atoms with E-state index in [1.165, 1.54) is 6.07 Å². The Morgan fingerprint density at radius 3 is 2.80 bits per heavy atom. The molecule has 110 valence electrons. The minimum Gasteiger partial charge on any atom is -0.383 e. The number of amides is 1. The molecule has 0 aromatic heterocycles. The summed E-state index contributed by atoms with van der Waals surface area (Å²) in [7, 11) is 1.54. The first-order valence-corrected chi connectivity index (χ1v) is 6.53. The molecule has 0 spiro atoms. The summed E-state index contributed by atoms with van der Waals surface area (Å²) in [5.41, 5.74) is 6.59. The van der Waals surface area contributed by atoms with Crippen molar-refractivity contribution >= 4 is 5.91 Å². The fourth-order valence-corrected chi connectivity index (χ4v) is 2.55. The molecule has 0 saturated carbocycles. The van der Waals surface area contributed by atoms with Gasteiger partial charge in [0.1, 0.15) is 0 Å². The Morgan fingerprint density at radius 1 is 1.40 bits per heavy atom. The number of benzene rings is 1. The van der Waals surface area contributed by atoms with Gasteiger partial charge in [-0.25, -0.2) is 8.78 Å². The molecule has 1 fully saturated rings. The van der Waals surface area contributed by atoms with Gasteiger partial charge in [0.05, 0.1) is 12.6 Å². The van der Waals surface area contributed by atoms with E-state index in [0.717, 1.165) is 12.1 Å². The third-order valence-electron chi connectivity index (χ3n) is 3.57. The van der Waals surface area contributed by atoms with Gasteiger partial charge in [-0.15, -0.1) is 0 Å². The van der Waals surface area contributed by atoms with E-state index in [1.54, 1.807) is 12.0 Å². The van der Waals surface area contributed by atoms with Crippen molar-refractivity contribution in [3.63, 3.8) is 0 Å². The molecule has 20 heavy (non-hydrogen) atoms. The van der Waals surface area contributed by atoms with Gasteiger partial charge in [0, 0.05) is 26.1 Å². The Labute approximate surface area is 116 Å². The molecule has 4 nitrogen and oxygen atoms in total. The van der Waals surface area contributed by atoms with Gasteiger partial charge in [-0.05, 0) is 24.1 Å². The second-order valence-corrected chi connectivity index (χ2v) is 4.90. The molecule has 6 heteroatoms. The van der Waals surface area contributed by atoms with Gasteiger partial charge in [0.15, 0.2) is 11.6 Å². The first-order valence-electron chi connectivity index (χ1n) is 6.53. The van der Waals surface area contributed by atoms with Crippen molar-refractivity contribution in [1.82, 2.24) is 4.90 Å². The number of nitrogens with zero attached hydrogens (tertiary/aromatic N) is 1. The van der Waals surface area contributed by atoms with Gasteiger partial charge in [-0.2, -0.15) is 0 Å². The SMILES string of the molecule is COCCN1C(=O)CCC(N)C1c1ccc(F)c(F)c1. The van der Waals surface area contributed by atoms with Crippen LogP contribution in [0.4, 0.5) is 8.78 Å². The van der Waals surface area contributed by atoms with Crippen LogP contribution < -0.4 is 5.73 Å². The molecular formula is C14H18F2N2O2. The number of likely N-dealkylation sites (tertiary alicyclic amines) is 1. The lowest BCUT2D eigenvalue weighted by Gasteiger charge is -2.40. The summed E-state index contributed by atoms with van der Waals surface area (Å²) in [5.74, 6) is -1.88. The average molecular weight is 284 g/mol. The minimum absolute atomic E-state index is 0.0431.